The zero-order valence-corrected chi connectivity index (χ0v) is 27.9. The number of amides is 2. The third kappa shape index (κ3) is 16.0. The van der Waals surface area contributed by atoms with Gasteiger partial charge in [0, 0.05) is 31.7 Å². The van der Waals surface area contributed by atoms with Gasteiger partial charge in [-0.15, -0.1) is 0 Å². The minimum atomic E-state index is -3.45. The number of nitrogens with zero attached hydrogens (tertiary/aromatic N) is 3. The second-order valence-electron chi connectivity index (χ2n) is 10.4. The van der Waals surface area contributed by atoms with Crippen molar-refractivity contribution in [1.82, 2.24) is 20.0 Å². The summed E-state index contributed by atoms with van der Waals surface area (Å²) in [6, 6.07) is 8.58. The molecule has 2 unspecified atom stereocenters. The standard InChI is InChI=1S/C23H42N4O3S.C6H8O7.H2O/c1-7-25(8-2)20(5)18-24-23(28)27(19-21(6)26(9-3)10-4)16-17-31(29,30)22-14-12-11-13-15-22;7-3(8)1-6(13,5(11)12)2-4(9)10;/h11-15,20-21H,7-10,16-19H2,1-6H3,(H,24,28);13H,1-2H2,(H,7,8)(H,9,10)(H,11,12);1H2. The first kappa shape index (κ1) is 43.8. The Hall–Kier alpha value is -3.31. The SMILES string of the molecule is CCN(CC)C(C)CNC(=O)N(CCS(=O)(=O)c1ccccc1)CC(C)N(CC)CC.O.O=C(O)CC(O)(CC(=O)O)C(=O)O. The van der Waals surface area contributed by atoms with Crippen LogP contribution in [-0.2, 0) is 24.2 Å². The number of carbonyl (C=O) groups is 4. The van der Waals surface area contributed by atoms with Crippen molar-refractivity contribution in [2.75, 3.05) is 51.6 Å². The van der Waals surface area contributed by atoms with E-state index in [1.807, 2.05) is 0 Å². The molecule has 0 aliphatic carbocycles. The summed E-state index contributed by atoms with van der Waals surface area (Å²) in [6.45, 7) is 17.4. The maximum atomic E-state index is 13.0. The quantitative estimate of drug-likeness (QED) is 0.138. The van der Waals surface area contributed by atoms with Gasteiger partial charge in [0.25, 0.3) is 0 Å². The normalized spacial score (nSPS) is 12.7. The van der Waals surface area contributed by atoms with E-state index in [1.165, 1.54) is 0 Å². The monoisotopic (exact) mass is 664 g/mol. The Morgan fingerprint density at radius 3 is 1.67 bits per heavy atom. The third-order valence-electron chi connectivity index (χ3n) is 7.21. The predicted molar refractivity (Wildman–Crippen MR) is 169 cm³/mol. The topological polar surface area (TPSA) is 237 Å². The minimum absolute atomic E-state index is 0. The number of hydrogen-bond donors (Lipinski definition) is 5. The smallest absolute Gasteiger partial charge is 0.336 e. The maximum Gasteiger partial charge on any atom is 0.336 e. The Morgan fingerprint density at radius 1 is 0.822 bits per heavy atom. The summed E-state index contributed by atoms with van der Waals surface area (Å²) in [4.78, 5) is 50.0. The van der Waals surface area contributed by atoms with Crippen molar-refractivity contribution in [2.24, 2.45) is 0 Å². The highest BCUT2D eigenvalue weighted by Crippen LogP contribution is 2.16. The van der Waals surface area contributed by atoms with Gasteiger partial charge in [-0.2, -0.15) is 0 Å². The largest absolute Gasteiger partial charge is 0.481 e. The molecule has 0 saturated heterocycles. The van der Waals surface area contributed by atoms with Crippen LogP contribution in [0, 0.1) is 0 Å². The summed E-state index contributed by atoms with van der Waals surface area (Å²) >= 11 is 0. The van der Waals surface area contributed by atoms with E-state index in [1.54, 1.807) is 35.2 Å². The van der Waals surface area contributed by atoms with Crippen LogP contribution in [0.4, 0.5) is 4.79 Å². The van der Waals surface area contributed by atoms with Gasteiger partial charge in [-0.1, -0.05) is 45.9 Å². The van der Waals surface area contributed by atoms with Gasteiger partial charge in [0.05, 0.1) is 23.5 Å². The predicted octanol–water partition coefficient (Wildman–Crippen LogP) is 0.859. The fourth-order valence-corrected chi connectivity index (χ4v) is 5.84. The van der Waals surface area contributed by atoms with Gasteiger partial charge in [-0.3, -0.25) is 19.4 Å². The van der Waals surface area contributed by atoms with Gasteiger partial charge >= 0.3 is 23.9 Å². The number of benzene rings is 1. The molecule has 0 aromatic heterocycles. The molecule has 0 radical (unpaired) electrons. The fraction of sp³-hybridized carbons (Fsp3) is 0.655. The van der Waals surface area contributed by atoms with Crippen LogP contribution in [-0.4, -0.2) is 142 Å². The van der Waals surface area contributed by atoms with Crippen LogP contribution in [0.15, 0.2) is 35.2 Å². The van der Waals surface area contributed by atoms with Crippen molar-refractivity contribution in [1.29, 1.82) is 0 Å². The van der Waals surface area contributed by atoms with Gasteiger partial charge in [0.2, 0.25) is 0 Å². The molecule has 16 heteroatoms. The molecule has 45 heavy (non-hydrogen) atoms. The van der Waals surface area contributed by atoms with Crippen LogP contribution in [0.3, 0.4) is 0 Å². The molecule has 15 nitrogen and oxygen atoms in total. The molecule has 0 saturated carbocycles. The van der Waals surface area contributed by atoms with Gasteiger partial charge in [0.1, 0.15) is 0 Å². The zero-order valence-electron chi connectivity index (χ0n) is 27.1. The highest BCUT2D eigenvalue weighted by Gasteiger charge is 2.40. The molecule has 2 atom stereocenters. The van der Waals surface area contributed by atoms with Crippen LogP contribution >= 0.6 is 0 Å². The molecule has 1 rings (SSSR count). The molecule has 1 aromatic rings. The Morgan fingerprint density at radius 2 is 1.27 bits per heavy atom. The van der Waals surface area contributed by atoms with Crippen molar-refractivity contribution >= 4 is 33.8 Å². The summed E-state index contributed by atoms with van der Waals surface area (Å²) in [5.41, 5.74) is -2.74. The average Bonchev–Trinajstić information content (AvgIpc) is 2.95. The number of rotatable bonds is 19. The van der Waals surface area contributed by atoms with Crippen LogP contribution in [0.1, 0.15) is 54.4 Å². The highest BCUT2D eigenvalue weighted by atomic mass is 32.2. The van der Waals surface area contributed by atoms with Gasteiger partial charge in [-0.05, 0) is 52.2 Å². The number of nitrogens with one attached hydrogen (secondary N) is 1. The van der Waals surface area contributed by atoms with E-state index in [4.69, 9.17) is 20.4 Å². The summed E-state index contributed by atoms with van der Waals surface area (Å²) < 4.78 is 25.5. The van der Waals surface area contributed by atoms with E-state index in [-0.39, 0.29) is 35.9 Å². The van der Waals surface area contributed by atoms with E-state index in [2.05, 4.69) is 56.7 Å². The molecule has 0 bridgehead atoms. The van der Waals surface area contributed by atoms with Gasteiger partial charge < -0.3 is 36.1 Å². The lowest BCUT2D eigenvalue weighted by Gasteiger charge is -2.33. The molecule has 1 aromatic carbocycles. The Kier molecular flexibility index (Phi) is 20.9. The Balaban J connectivity index is 0. The minimum Gasteiger partial charge on any atom is -0.481 e. The van der Waals surface area contributed by atoms with E-state index in [9.17, 15) is 27.6 Å². The van der Waals surface area contributed by atoms with E-state index in [0.29, 0.717) is 18.0 Å². The number of carbonyl (C=O) groups excluding carboxylic acids is 1. The summed E-state index contributed by atoms with van der Waals surface area (Å²) in [5, 5.41) is 36.8. The molecule has 0 spiro atoms. The van der Waals surface area contributed by atoms with Crippen molar-refractivity contribution < 1.29 is 53.5 Å². The molecule has 7 N–H and O–H groups in total. The molecule has 0 aliphatic heterocycles. The van der Waals surface area contributed by atoms with Crippen LogP contribution in [0.25, 0.3) is 0 Å². The average molecular weight is 665 g/mol. The maximum absolute atomic E-state index is 13.0. The Bertz CT molecular complexity index is 1130. The summed E-state index contributed by atoms with van der Waals surface area (Å²) in [5.74, 6) is -5.12. The van der Waals surface area contributed by atoms with Crippen molar-refractivity contribution in [2.45, 2.75) is 77.0 Å². The molecule has 0 heterocycles. The van der Waals surface area contributed by atoms with E-state index >= 15 is 0 Å². The molecule has 0 aliphatic rings. The number of urea groups is 1. The van der Waals surface area contributed by atoms with Crippen molar-refractivity contribution in [3.8, 4) is 0 Å². The van der Waals surface area contributed by atoms with E-state index in [0.717, 1.165) is 26.2 Å². The summed E-state index contributed by atoms with van der Waals surface area (Å²) in [6.07, 6.45) is -2.29. The first-order valence-electron chi connectivity index (χ1n) is 14.7. The Labute approximate surface area is 266 Å². The first-order chi connectivity index (χ1) is 20.5. The third-order valence-corrected chi connectivity index (χ3v) is 8.92. The number of carboxylic acids is 3. The molecular formula is C29H52N4O11S. The second-order valence-corrected chi connectivity index (χ2v) is 12.5. The van der Waals surface area contributed by atoms with E-state index < -0.39 is 46.2 Å². The lowest BCUT2D eigenvalue weighted by Crippen LogP contribution is -2.51. The first-order valence-corrected chi connectivity index (χ1v) is 16.3. The number of aliphatic carboxylic acids is 3. The lowest BCUT2D eigenvalue weighted by atomic mass is 9.96. The summed E-state index contributed by atoms with van der Waals surface area (Å²) in [7, 11) is -3.45. The number of carboxylic acid groups (broad SMARTS) is 3. The number of aliphatic hydroxyl groups is 1. The van der Waals surface area contributed by atoms with Gasteiger partial charge in [0.15, 0.2) is 15.4 Å². The molecule has 260 valence electrons. The van der Waals surface area contributed by atoms with Crippen molar-refractivity contribution in [3.05, 3.63) is 30.3 Å². The second kappa shape index (κ2) is 21.4. The fourth-order valence-electron chi connectivity index (χ4n) is 4.57. The van der Waals surface area contributed by atoms with Crippen LogP contribution in [0.5, 0.6) is 0 Å². The molecule has 0 fully saturated rings. The highest BCUT2D eigenvalue weighted by molar-refractivity contribution is 7.91. The van der Waals surface area contributed by atoms with Gasteiger partial charge in [-0.25, -0.2) is 18.0 Å². The lowest BCUT2D eigenvalue weighted by molar-refractivity contribution is -0.170. The van der Waals surface area contributed by atoms with Crippen LogP contribution in [0.2, 0.25) is 0 Å². The van der Waals surface area contributed by atoms with Crippen LogP contribution < -0.4 is 5.32 Å². The van der Waals surface area contributed by atoms with Crippen molar-refractivity contribution in [3.63, 3.8) is 0 Å². The zero-order chi connectivity index (χ0) is 34.1. The number of sulfone groups is 1. The number of likely N-dealkylation sites (N-methyl/N-ethyl adjacent to an activating group) is 2. The molecule has 2 amide bonds. The number of hydrogen-bond acceptors (Lipinski definition) is 9. The molecular weight excluding hydrogens is 612 g/mol.